The Labute approximate surface area is 136 Å². The van der Waals surface area contributed by atoms with Gasteiger partial charge in [0.25, 0.3) is 11.6 Å². The predicted molar refractivity (Wildman–Crippen MR) is 88.9 cm³/mol. The third kappa shape index (κ3) is 5.96. The van der Waals surface area contributed by atoms with E-state index < -0.39 is 4.92 Å². The molecule has 0 aromatic heterocycles. The molecular formula is C16H25N3O4. The molecule has 0 saturated carbocycles. The van der Waals surface area contributed by atoms with Crippen molar-refractivity contribution in [2.75, 3.05) is 33.4 Å². The van der Waals surface area contributed by atoms with Gasteiger partial charge in [-0.3, -0.25) is 14.9 Å². The van der Waals surface area contributed by atoms with Gasteiger partial charge in [0.15, 0.2) is 0 Å². The first-order valence-corrected chi connectivity index (χ1v) is 7.54. The van der Waals surface area contributed by atoms with E-state index in [2.05, 4.69) is 10.6 Å². The third-order valence-corrected chi connectivity index (χ3v) is 3.33. The Kier molecular flexibility index (Phi) is 7.12. The molecule has 7 heteroatoms. The van der Waals surface area contributed by atoms with Crippen molar-refractivity contribution < 1.29 is 14.5 Å². The fourth-order valence-corrected chi connectivity index (χ4v) is 2.12. The fourth-order valence-electron chi connectivity index (χ4n) is 2.12. The molecule has 0 aliphatic rings. The highest BCUT2D eigenvalue weighted by atomic mass is 16.6. The quantitative estimate of drug-likeness (QED) is 0.433. The molecule has 0 atom stereocenters. The fraction of sp³-hybridized carbons (Fsp3) is 0.562. The van der Waals surface area contributed by atoms with Crippen LogP contribution in [-0.4, -0.2) is 44.2 Å². The van der Waals surface area contributed by atoms with E-state index in [1.165, 1.54) is 6.07 Å². The molecule has 128 valence electrons. The van der Waals surface area contributed by atoms with Gasteiger partial charge in [0, 0.05) is 43.9 Å². The zero-order valence-corrected chi connectivity index (χ0v) is 14.1. The Bertz CT molecular complexity index is 553. The average molecular weight is 323 g/mol. The maximum absolute atomic E-state index is 12.1. The molecule has 23 heavy (non-hydrogen) atoms. The number of amides is 1. The number of carbonyl (C=O) groups excluding carboxylic acids is 1. The summed E-state index contributed by atoms with van der Waals surface area (Å²) in [6, 6.07) is 4.62. The number of hydrogen-bond acceptors (Lipinski definition) is 5. The minimum Gasteiger partial charge on any atom is -0.383 e. The van der Waals surface area contributed by atoms with Crippen LogP contribution >= 0.6 is 0 Å². The summed E-state index contributed by atoms with van der Waals surface area (Å²) in [6.07, 6.45) is 0. The first-order chi connectivity index (χ1) is 10.8. The molecule has 0 spiro atoms. The highest BCUT2D eigenvalue weighted by Crippen LogP contribution is 2.31. The lowest BCUT2D eigenvalue weighted by molar-refractivity contribution is -0.386. The molecule has 0 fully saturated rings. The van der Waals surface area contributed by atoms with Crippen molar-refractivity contribution in [2.24, 2.45) is 0 Å². The summed E-state index contributed by atoms with van der Waals surface area (Å²) < 4.78 is 4.90. The van der Waals surface area contributed by atoms with E-state index in [1.807, 2.05) is 20.8 Å². The maximum atomic E-state index is 12.1. The molecule has 0 saturated heterocycles. The largest absolute Gasteiger partial charge is 0.383 e. The van der Waals surface area contributed by atoms with Gasteiger partial charge < -0.3 is 15.4 Å². The number of ether oxygens (including phenoxy) is 1. The zero-order valence-electron chi connectivity index (χ0n) is 14.1. The molecule has 0 heterocycles. The van der Waals surface area contributed by atoms with E-state index in [0.717, 1.165) is 0 Å². The van der Waals surface area contributed by atoms with Crippen LogP contribution in [-0.2, 0) is 10.2 Å². The van der Waals surface area contributed by atoms with Crippen molar-refractivity contribution in [2.45, 2.75) is 26.2 Å². The molecule has 0 unspecified atom stereocenters. The second kappa shape index (κ2) is 8.59. The zero-order chi connectivity index (χ0) is 17.5. The molecule has 1 amide bonds. The second-order valence-corrected chi connectivity index (χ2v) is 6.24. The molecule has 0 aliphatic heterocycles. The van der Waals surface area contributed by atoms with Crippen LogP contribution in [0.25, 0.3) is 0 Å². The molecule has 1 aromatic carbocycles. The van der Waals surface area contributed by atoms with E-state index in [4.69, 9.17) is 4.74 Å². The average Bonchev–Trinajstić information content (AvgIpc) is 2.49. The van der Waals surface area contributed by atoms with E-state index in [1.54, 1.807) is 19.2 Å². The molecule has 0 radical (unpaired) electrons. The highest BCUT2D eigenvalue weighted by Gasteiger charge is 2.25. The van der Waals surface area contributed by atoms with Gasteiger partial charge in [0.1, 0.15) is 0 Å². The summed E-state index contributed by atoms with van der Waals surface area (Å²) in [5.74, 6) is -0.317. The van der Waals surface area contributed by atoms with E-state index in [0.29, 0.717) is 37.4 Å². The molecular weight excluding hydrogens is 298 g/mol. The van der Waals surface area contributed by atoms with Crippen molar-refractivity contribution >= 4 is 11.6 Å². The Hall–Kier alpha value is -1.99. The summed E-state index contributed by atoms with van der Waals surface area (Å²) in [5.41, 5.74) is 0.521. The SMILES string of the molecule is COCCNCCNC(=O)c1ccc(C(C)(C)C)c([N+](=O)[O-])c1. The Morgan fingerprint density at radius 3 is 2.52 bits per heavy atom. The maximum Gasteiger partial charge on any atom is 0.273 e. The van der Waals surface area contributed by atoms with Crippen LogP contribution in [0.5, 0.6) is 0 Å². The standard InChI is InChI=1S/C16H25N3O4/c1-16(2,3)13-6-5-12(11-14(13)19(21)22)15(20)18-8-7-17-9-10-23-4/h5-6,11,17H,7-10H2,1-4H3,(H,18,20). The van der Waals surface area contributed by atoms with Gasteiger partial charge in [0.05, 0.1) is 11.5 Å². The van der Waals surface area contributed by atoms with Crippen LogP contribution in [0, 0.1) is 10.1 Å². The highest BCUT2D eigenvalue weighted by molar-refractivity contribution is 5.95. The van der Waals surface area contributed by atoms with E-state index in [-0.39, 0.29) is 17.0 Å². The number of methoxy groups -OCH3 is 1. The topological polar surface area (TPSA) is 93.5 Å². The minimum absolute atomic E-state index is 0.0247. The number of rotatable bonds is 8. The van der Waals surface area contributed by atoms with Crippen LogP contribution in [0.3, 0.4) is 0 Å². The number of nitrogens with zero attached hydrogens (tertiary/aromatic N) is 1. The summed E-state index contributed by atoms with van der Waals surface area (Å²) in [5, 5.41) is 17.1. The van der Waals surface area contributed by atoms with Crippen molar-refractivity contribution in [3.8, 4) is 0 Å². The van der Waals surface area contributed by atoms with Crippen LogP contribution < -0.4 is 10.6 Å². The lowest BCUT2D eigenvalue weighted by Crippen LogP contribution is -2.33. The smallest absolute Gasteiger partial charge is 0.273 e. The van der Waals surface area contributed by atoms with Gasteiger partial charge in [-0.15, -0.1) is 0 Å². The van der Waals surface area contributed by atoms with Gasteiger partial charge in [-0.05, 0) is 11.5 Å². The van der Waals surface area contributed by atoms with E-state index >= 15 is 0 Å². The van der Waals surface area contributed by atoms with Gasteiger partial charge in [0.2, 0.25) is 0 Å². The van der Waals surface area contributed by atoms with Gasteiger partial charge in [-0.2, -0.15) is 0 Å². The van der Waals surface area contributed by atoms with Gasteiger partial charge in [-0.1, -0.05) is 26.8 Å². The van der Waals surface area contributed by atoms with Gasteiger partial charge >= 0.3 is 0 Å². The Balaban J connectivity index is 2.71. The van der Waals surface area contributed by atoms with Crippen LogP contribution in [0.2, 0.25) is 0 Å². The van der Waals surface area contributed by atoms with Crippen LogP contribution in [0.1, 0.15) is 36.7 Å². The Morgan fingerprint density at radius 1 is 1.26 bits per heavy atom. The third-order valence-electron chi connectivity index (χ3n) is 3.33. The number of carbonyl (C=O) groups is 1. The van der Waals surface area contributed by atoms with E-state index in [9.17, 15) is 14.9 Å². The molecule has 0 aliphatic carbocycles. The molecule has 1 rings (SSSR count). The summed E-state index contributed by atoms with van der Waals surface area (Å²) in [7, 11) is 1.62. The van der Waals surface area contributed by atoms with Crippen LogP contribution in [0.4, 0.5) is 5.69 Å². The molecule has 0 bridgehead atoms. The number of nitro groups is 1. The van der Waals surface area contributed by atoms with Crippen molar-refractivity contribution in [3.05, 3.63) is 39.4 Å². The minimum atomic E-state index is -0.441. The van der Waals surface area contributed by atoms with Crippen LogP contribution in [0.15, 0.2) is 18.2 Å². The number of nitro benzene ring substituents is 1. The number of nitrogens with one attached hydrogen (secondary N) is 2. The van der Waals surface area contributed by atoms with Crippen molar-refractivity contribution in [1.82, 2.24) is 10.6 Å². The number of benzene rings is 1. The molecule has 7 nitrogen and oxygen atoms in total. The second-order valence-electron chi connectivity index (χ2n) is 6.24. The monoisotopic (exact) mass is 323 g/mol. The number of hydrogen-bond donors (Lipinski definition) is 2. The predicted octanol–water partition coefficient (Wildman–Crippen LogP) is 1.86. The Morgan fingerprint density at radius 2 is 1.96 bits per heavy atom. The summed E-state index contributed by atoms with van der Waals surface area (Å²) >= 11 is 0. The lowest BCUT2D eigenvalue weighted by Gasteiger charge is -2.19. The first kappa shape index (κ1) is 19.1. The summed E-state index contributed by atoms with van der Waals surface area (Å²) in [4.78, 5) is 22.9. The normalized spacial score (nSPS) is 11.3. The van der Waals surface area contributed by atoms with Crippen molar-refractivity contribution in [1.29, 1.82) is 0 Å². The molecule has 1 aromatic rings. The van der Waals surface area contributed by atoms with Gasteiger partial charge in [-0.25, -0.2) is 0 Å². The van der Waals surface area contributed by atoms with Crippen molar-refractivity contribution in [3.63, 3.8) is 0 Å². The molecule has 2 N–H and O–H groups in total. The first-order valence-electron chi connectivity index (χ1n) is 7.54. The lowest BCUT2D eigenvalue weighted by atomic mass is 9.85. The summed E-state index contributed by atoms with van der Waals surface area (Å²) in [6.45, 7) is 8.07.